The molecule has 0 radical (unpaired) electrons. The summed E-state index contributed by atoms with van der Waals surface area (Å²) in [7, 11) is 0. The summed E-state index contributed by atoms with van der Waals surface area (Å²) in [6.45, 7) is 0. The molecule has 0 saturated carbocycles. The smallest absolute Gasteiger partial charge is 0.277 e. The van der Waals surface area contributed by atoms with Gasteiger partial charge >= 0.3 is 0 Å². The van der Waals surface area contributed by atoms with Crippen molar-refractivity contribution < 1.29 is 4.79 Å². The molecule has 1 amide bonds. The molecule has 0 bridgehead atoms. The minimum Gasteiger partial charge on any atom is -0.337 e. The van der Waals surface area contributed by atoms with Crippen LogP contribution in [-0.4, -0.2) is 27.8 Å². The van der Waals surface area contributed by atoms with Crippen LogP contribution in [0.2, 0.25) is 0 Å². The molecule has 4 aromatic rings. The minimum absolute atomic E-state index is 0.267. The van der Waals surface area contributed by atoms with Gasteiger partial charge in [0.1, 0.15) is 0 Å². The second kappa shape index (κ2) is 8.23. The topological polar surface area (TPSA) is 58.1 Å². The zero-order chi connectivity index (χ0) is 19.3. The zero-order valence-electron chi connectivity index (χ0n) is 15.4. The van der Waals surface area contributed by atoms with Gasteiger partial charge in [-0.15, -0.1) is 11.8 Å². The molecule has 138 valence electrons. The van der Waals surface area contributed by atoms with E-state index in [4.69, 9.17) is 0 Å². The molecule has 5 heteroatoms. The van der Waals surface area contributed by atoms with E-state index in [0.29, 0.717) is 23.5 Å². The van der Waals surface area contributed by atoms with E-state index >= 15 is 0 Å². The lowest BCUT2D eigenvalue weighted by Gasteiger charge is -2.05. The number of aromatic amines is 1. The summed E-state index contributed by atoms with van der Waals surface area (Å²) in [6.07, 6.45) is 2.57. The predicted molar refractivity (Wildman–Crippen MR) is 115 cm³/mol. The van der Waals surface area contributed by atoms with Gasteiger partial charge in [-0.2, -0.15) is 0 Å². The quantitative estimate of drug-likeness (QED) is 0.381. The van der Waals surface area contributed by atoms with Crippen molar-refractivity contribution in [2.45, 2.75) is 11.3 Å². The van der Waals surface area contributed by atoms with Gasteiger partial charge in [-0.25, -0.2) is 9.98 Å². The van der Waals surface area contributed by atoms with Crippen LogP contribution in [0.25, 0.3) is 11.0 Å². The van der Waals surface area contributed by atoms with Crippen LogP contribution in [0.3, 0.4) is 0 Å². The van der Waals surface area contributed by atoms with Crippen LogP contribution in [0.4, 0.5) is 0 Å². The normalized spacial score (nSPS) is 11.7. The van der Waals surface area contributed by atoms with Crippen molar-refractivity contribution >= 4 is 34.4 Å². The Balaban J connectivity index is 1.73. The van der Waals surface area contributed by atoms with E-state index in [0.717, 1.165) is 16.6 Å². The summed E-state index contributed by atoms with van der Waals surface area (Å²) in [6, 6.07) is 25.2. The molecule has 1 aromatic heterocycles. The largest absolute Gasteiger partial charge is 0.337 e. The molecule has 0 atom stereocenters. The van der Waals surface area contributed by atoms with Crippen molar-refractivity contribution in [1.82, 2.24) is 9.97 Å². The number of imidazole rings is 1. The van der Waals surface area contributed by atoms with Gasteiger partial charge in [-0.1, -0.05) is 42.5 Å². The number of thioether (sulfide) groups is 1. The number of H-pyrrole nitrogens is 1. The number of benzene rings is 3. The number of aromatic nitrogens is 2. The Morgan fingerprint density at radius 1 is 0.964 bits per heavy atom. The third-order valence-electron chi connectivity index (χ3n) is 4.45. The van der Waals surface area contributed by atoms with Gasteiger partial charge in [0.25, 0.3) is 5.91 Å². The van der Waals surface area contributed by atoms with E-state index in [1.54, 1.807) is 23.9 Å². The summed E-state index contributed by atoms with van der Waals surface area (Å²) in [5.41, 5.74) is 4.05. The highest BCUT2D eigenvalue weighted by molar-refractivity contribution is 7.98. The molecule has 28 heavy (non-hydrogen) atoms. The first-order valence-electron chi connectivity index (χ1n) is 8.98. The van der Waals surface area contributed by atoms with Crippen LogP contribution in [0.15, 0.2) is 88.8 Å². The maximum absolute atomic E-state index is 12.7. The standard InChI is InChI=1S/C23H19N3OS/c1-28-18-13-11-16(12-14-18)15-21(26-23(27)17-7-3-2-4-8-17)22-24-19-9-5-6-10-20(19)25-22/h2-14H,15H2,1H3,(H,24,25). The van der Waals surface area contributed by atoms with E-state index < -0.39 is 0 Å². The molecule has 0 aliphatic carbocycles. The number of carbonyl (C=O) groups excluding carboxylic acids is 1. The highest BCUT2D eigenvalue weighted by Crippen LogP contribution is 2.18. The second-order valence-corrected chi connectivity index (χ2v) is 7.24. The molecule has 4 rings (SSSR count). The summed E-state index contributed by atoms with van der Waals surface area (Å²) in [5.74, 6) is 0.358. The minimum atomic E-state index is -0.267. The molecule has 0 fully saturated rings. The number of aliphatic imine (C=N–C) groups is 1. The molecule has 1 heterocycles. The molecule has 4 nitrogen and oxygen atoms in total. The van der Waals surface area contributed by atoms with Crippen LogP contribution < -0.4 is 0 Å². The monoisotopic (exact) mass is 385 g/mol. The third kappa shape index (κ3) is 4.05. The van der Waals surface area contributed by atoms with Crippen molar-refractivity contribution in [2.24, 2.45) is 4.99 Å². The van der Waals surface area contributed by atoms with Crippen LogP contribution in [0.1, 0.15) is 21.7 Å². The van der Waals surface area contributed by atoms with Crippen LogP contribution in [0, 0.1) is 0 Å². The number of nitrogens with one attached hydrogen (secondary N) is 1. The molecule has 0 saturated heterocycles. The number of hydrogen-bond acceptors (Lipinski definition) is 3. The van der Waals surface area contributed by atoms with Gasteiger partial charge in [0.15, 0.2) is 5.82 Å². The van der Waals surface area contributed by atoms with Gasteiger partial charge < -0.3 is 4.98 Å². The number of para-hydroxylation sites is 2. The van der Waals surface area contributed by atoms with E-state index in [2.05, 4.69) is 45.5 Å². The first kappa shape index (κ1) is 18.2. The van der Waals surface area contributed by atoms with Crippen LogP contribution in [0.5, 0.6) is 0 Å². The van der Waals surface area contributed by atoms with Gasteiger partial charge in [-0.3, -0.25) is 4.79 Å². The number of amides is 1. The first-order valence-corrected chi connectivity index (χ1v) is 10.2. The second-order valence-electron chi connectivity index (χ2n) is 6.36. The molecule has 0 aliphatic heterocycles. The fraction of sp³-hybridized carbons (Fsp3) is 0.0870. The van der Waals surface area contributed by atoms with Gasteiger partial charge in [-0.05, 0) is 48.2 Å². The molecule has 3 aromatic carbocycles. The lowest BCUT2D eigenvalue weighted by molar-refractivity contribution is 0.100. The number of fused-ring (bicyclic) bond motifs is 1. The number of carbonyl (C=O) groups is 1. The summed E-state index contributed by atoms with van der Waals surface area (Å²) in [5, 5.41) is 0. The highest BCUT2D eigenvalue weighted by Gasteiger charge is 2.14. The molecule has 1 N–H and O–H groups in total. The Morgan fingerprint density at radius 3 is 2.39 bits per heavy atom. The van der Waals surface area contributed by atoms with E-state index in [1.807, 2.05) is 42.5 Å². The molecule has 0 aliphatic rings. The fourth-order valence-electron chi connectivity index (χ4n) is 2.97. The Morgan fingerprint density at radius 2 is 1.68 bits per heavy atom. The highest BCUT2D eigenvalue weighted by atomic mass is 32.2. The lowest BCUT2D eigenvalue weighted by atomic mass is 10.1. The van der Waals surface area contributed by atoms with Gasteiger partial charge in [0, 0.05) is 16.9 Å². The van der Waals surface area contributed by atoms with Gasteiger partial charge in [0.2, 0.25) is 0 Å². The summed E-state index contributed by atoms with van der Waals surface area (Å²) in [4.78, 5) is 26.3. The molecular weight excluding hydrogens is 366 g/mol. The van der Waals surface area contributed by atoms with Gasteiger partial charge in [0.05, 0.1) is 16.7 Å². The predicted octanol–water partition coefficient (Wildman–Crippen LogP) is 5.16. The van der Waals surface area contributed by atoms with E-state index in [-0.39, 0.29) is 5.91 Å². The Bertz CT molecular complexity index is 1100. The maximum atomic E-state index is 12.7. The molecule has 0 unspecified atom stereocenters. The number of rotatable bonds is 5. The van der Waals surface area contributed by atoms with Crippen molar-refractivity contribution in [3.8, 4) is 0 Å². The Labute approximate surface area is 167 Å². The fourth-order valence-corrected chi connectivity index (χ4v) is 3.38. The SMILES string of the molecule is CSc1ccc(CC(=NC(=O)c2ccccc2)c2nc3ccccc3[nH]2)cc1. The summed E-state index contributed by atoms with van der Waals surface area (Å²) >= 11 is 1.70. The van der Waals surface area contributed by atoms with E-state index in [9.17, 15) is 4.79 Å². The lowest BCUT2D eigenvalue weighted by Crippen LogP contribution is -2.11. The molecular formula is C23H19N3OS. The average molecular weight is 385 g/mol. The average Bonchev–Trinajstić information content (AvgIpc) is 3.18. The maximum Gasteiger partial charge on any atom is 0.277 e. The Kier molecular flexibility index (Phi) is 5.35. The first-order chi connectivity index (χ1) is 13.7. The van der Waals surface area contributed by atoms with Crippen molar-refractivity contribution in [3.05, 3.63) is 95.8 Å². The number of hydrogen-bond donors (Lipinski definition) is 1. The van der Waals surface area contributed by atoms with Crippen molar-refractivity contribution in [1.29, 1.82) is 0 Å². The van der Waals surface area contributed by atoms with Crippen LogP contribution in [-0.2, 0) is 6.42 Å². The zero-order valence-corrected chi connectivity index (χ0v) is 16.2. The molecule has 0 spiro atoms. The van der Waals surface area contributed by atoms with Crippen molar-refractivity contribution in [3.63, 3.8) is 0 Å². The third-order valence-corrected chi connectivity index (χ3v) is 5.19. The van der Waals surface area contributed by atoms with Crippen molar-refractivity contribution in [2.75, 3.05) is 6.26 Å². The Hall–Kier alpha value is -3.18. The van der Waals surface area contributed by atoms with E-state index in [1.165, 1.54) is 4.90 Å². The van der Waals surface area contributed by atoms with Crippen LogP contribution >= 0.6 is 11.8 Å². The summed E-state index contributed by atoms with van der Waals surface area (Å²) < 4.78 is 0. The number of nitrogens with zero attached hydrogens (tertiary/aromatic N) is 2.